The van der Waals surface area contributed by atoms with Crippen LogP contribution in [0.1, 0.15) is 18.0 Å². The molecule has 0 spiro atoms. The Kier molecular flexibility index (Phi) is 4.10. The van der Waals surface area contributed by atoms with E-state index in [4.69, 9.17) is 0 Å². The lowest BCUT2D eigenvalue weighted by Gasteiger charge is -2.23. The van der Waals surface area contributed by atoms with Crippen molar-refractivity contribution in [3.05, 3.63) is 35.6 Å². The van der Waals surface area contributed by atoms with Crippen molar-refractivity contribution < 1.29 is 9.50 Å². The second kappa shape index (κ2) is 5.58. The molecule has 0 radical (unpaired) electrons. The minimum Gasteiger partial charge on any atom is -0.392 e. The van der Waals surface area contributed by atoms with Crippen LogP contribution in [-0.4, -0.2) is 42.8 Å². The smallest absolute Gasteiger partial charge is 0.123 e. The van der Waals surface area contributed by atoms with Gasteiger partial charge in [-0.05, 0) is 31.2 Å². The number of benzene rings is 1. The first-order valence-electron chi connectivity index (χ1n) is 6.02. The van der Waals surface area contributed by atoms with Gasteiger partial charge in [-0.25, -0.2) is 4.39 Å². The van der Waals surface area contributed by atoms with Crippen molar-refractivity contribution in [2.45, 2.75) is 18.6 Å². The Balaban J connectivity index is 1.98. The fourth-order valence-corrected chi connectivity index (χ4v) is 2.29. The summed E-state index contributed by atoms with van der Waals surface area (Å²) in [7, 11) is 1.90. The standard InChI is InChI=1S/C13H19FN2O/c1-15-13(9-16-7-6-12(17)8-16)10-2-4-11(14)5-3-10/h2-5,12-13,15,17H,6-9H2,1H3/t12-,13+/m0/s1. The van der Waals surface area contributed by atoms with Crippen LogP contribution in [-0.2, 0) is 0 Å². The third-order valence-corrected chi connectivity index (χ3v) is 3.31. The minimum absolute atomic E-state index is 0.181. The number of hydrogen-bond acceptors (Lipinski definition) is 3. The number of halogens is 1. The van der Waals surface area contributed by atoms with Crippen LogP contribution in [0.5, 0.6) is 0 Å². The molecular formula is C13H19FN2O. The summed E-state index contributed by atoms with van der Waals surface area (Å²) in [5.74, 6) is -0.208. The van der Waals surface area contributed by atoms with E-state index in [0.717, 1.165) is 31.6 Å². The van der Waals surface area contributed by atoms with Gasteiger partial charge in [-0.2, -0.15) is 0 Å². The molecule has 2 atom stereocenters. The summed E-state index contributed by atoms with van der Waals surface area (Å²) in [6, 6.07) is 6.77. The van der Waals surface area contributed by atoms with E-state index in [2.05, 4.69) is 10.2 Å². The predicted octanol–water partition coefficient (Wildman–Crippen LogP) is 1.15. The zero-order chi connectivity index (χ0) is 12.3. The molecule has 1 aromatic rings. The highest BCUT2D eigenvalue weighted by Crippen LogP contribution is 2.17. The van der Waals surface area contributed by atoms with Crippen molar-refractivity contribution in [1.82, 2.24) is 10.2 Å². The molecule has 0 aromatic heterocycles. The maximum absolute atomic E-state index is 12.8. The Bertz CT molecular complexity index is 355. The van der Waals surface area contributed by atoms with Crippen molar-refractivity contribution in [2.24, 2.45) is 0 Å². The van der Waals surface area contributed by atoms with E-state index in [1.807, 2.05) is 19.2 Å². The lowest BCUT2D eigenvalue weighted by Crippen LogP contribution is -2.33. The normalized spacial score (nSPS) is 22.9. The highest BCUT2D eigenvalue weighted by atomic mass is 19.1. The van der Waals surface area contributed by atoms with Crippen molar-refractivity contribution in [3.8, 4) is 0 Å². The lowest BCUT2D eigenvalue weighted by atomic mass is 10.1. The number of nitrogens with zero attached hydrogens (tertiary/aromatic N) is 1. The Morgan fingerprint density at radius 1 is 1.47 bits per heavy atom. The number of likely N-dealkylation sites (N-methyl/N-ethyl adjacent to an activating group) is 1. The SMILES string of the molecule is CN[C@H](CN1CC[C@H](O)C1)c1ccc(F)cc1. The largest absolute Gasteiger partial charge is 0.392 e. The van der Waals surface area contributed by atoms with Gasteiger partial charge in [-0.1, -0.05) is 12.1 Å². The van der Waals surface area contributed by atoms with E-state index in [1.54, 1.807) is 0 Å². The summed E-state index contributed by atoms with van der Waals surface area (Å²) in [5.41, 5.74) is 1.08. The number of hydrogen-bond donors (Lipinski definition) is 2. The molecule has 0 saturated carbocycles. The minimum atomic E-state index is -0.208. The Labute approximate surface area is 101 Å². The van der Waals surface area contributed by atoms with E-state index in [-0.39, 0.29) is 18.0 Å². The number of β-amino-alcohol motifs (C(OH)–C–C–N with tert-alkyl or cyclic N) is 1. The van der Waals surface area contributed by atoms with Crippen LogP contribution in [0, 0.1) is 5.82 Å². The summed E-state index contributed by atoms with van der Waals surface area (Å²) < 4.78 is 12.8. The molecule has 1 aromatic carbocycles. The van der Waals surface area contributed by atoms with Crippen LogP contribution in [0.3, 0.4) is 0 Å². The Morgan fingerprint density at radius 2 is 2.18 bits per heavy atom. The van der Waals surface area contributed by atoms with Crippen molar-refractivity contribution in [2.75, 3.05) is 26.7 Å². The van der Waals surface area contributed by atoms with Crippen molar-refractivity contribution >= 4 is 0 Å². The Hall–Kier alpha value is -0.970. The number of likely N-dealkylation sites (tertiary alicyclic amines) is 1. The highest BCUT2D eigenvalue weighted by molar-refractivity contribution is 5.20. The van der Waals surface area contributed by atoms with Gasteiger partial charge < -0.3 is 10.4 Å². The average molecular weight is 238 g/mol. The second-order valence-corrected chi connectivity index (χ2v) is 4.59. The van der Waals surface area contributed by atoms with Gasteiger partial charge in [-0.15, -0.1) is 0 Å². The fraction of sp³-hybridized carbons (Fsp3) is 0.538. The third kappa shape index (κ3) is 3.25. The van der Waals surface area contributed by atoms with Gasteiger partial charge in [0.2, 0.25) is 0 Å². The summed E-state index contributed by atoms with van der Waals surface area (Å²) >= 11 is 0. The first kappa shape index (κ1) is 12.5. The van der Waals surface area contributed by atoms with Crippen LogP contribution in [0.25, 0.3) is 0 Å². The first-order valence-corrected chi connectivity index (χ1v) is 6.02. The molecule has 1 aliphatic heterocycles. The van der Waals surface area contributed by atoms with Gasteiger partial charge in [0, 0.05) is 25.7 Å². The van der Waals surface area contributed by atoms with Gasteiger partial charge in [0.05, 0.1) is 6.10 Å². The molecule has 0 amide bonds. The molecule has 1 heterocycles. The zero-order valence-corrected chi connectivity index (χ0v) is 10.1. The van der Waals surface area contributed by atoms with Crippen molar-refractivity contribution in [3.63, 3.8) is 0 Å². The lowest BCUT2D eigenvalue weighted by molar-refractivity contribution is 0.173. The summed E-state index contributed by atoms with van der Waals surface area (Å²) in [6.45, 7) is 2.51. The molecule has 1 aliphatic rings. The number of aliphatic hydroxyl groups excluding tert-OH is 1. The van der Waals surface area contributed by atoms with Crippen LogP contribution >= 0.6 is 0 Å². The molecule has 4 heteroatoms. The van der Waals surface area contributed by atoms with Crippen molar-refractivity contribution in [1.29, 1.82) is 0 Å². The summed E-state index contributed by atoms with van der Waals surface area (Å²) in [4.78, 5) is 2.23. The maximum Gasteiger partial charge on any atom is 0.123 e. The van der Waals surface area contributed by atoms with Gasteiger partial charge in [-0.3, -0.25) is 4.90 Å². The third-order valence-electron chi connectivity index (χ3n) is 3.31. The summed E-state index contributed by atoms with van der Waals surface area (Å²) in [5, 5.41) is 12.7. The van der Waals surface area contributed by atoms with Crippen LogP contribution in [0.15, 0.2) is 24.3 Å². The number of nitrogens with one attached hydrogen (secondary N) is 1. The van der Waals surface area contributed by atoms with Gasteiger partial charge in [0.15, 0.2) is 0 Å². The average Bonchev–Trinajstić information content (AvgIpc) is 2.73. The van der Waals surface area contributed by atoms with Crippen LogP contribution < -0.4 is 5.32 Å². The Morgan fingerprint density at radius 3 is 2.71 bits per heavy atom. The molecule has 2 rings (SSSR count). The molecule has 1 saturated heterocycles. The van der Waals surface area contributed by atoms with E-state index >= 15 is 0 Å². The van der Waals surface area contributed by atoms with E-state index in [0.29, 0.717) is 0 Å². The van der Waals surface area contributed by atoms with Gasteiger partial charge >= 0.3 is 0 Å². The molecule has 17 heavy (non-hydrogen) atoms. The quantitative estimate of drug-likeness (QED) is 0.826. The van der Waals surface area contributed by atoms with E-state index in [9.17, 15) is 9.50 Å². The molecule has 0 unspecified atom stereocenters. The van der Waals surface area contributed by atoms with Crippen LogP contribution in [0.2, 0.25) is 0 Å². The maximum atomic E-state index is 12.8. The fourth-order valence-electron chi connectivity index (χ4n) is 2.29. The zero-order valence-electron chi connectivity index (χ0n) is 10.1. The summed E-state index contributed by atoms with van der Waals surface area (Å²) in [6.07, 6.45) is 0.653. The monoisotopic (exact) mass is 238 g/mol. The number of rotatable bonds is 4. The molecule has 0 aliphatic carbocycles. The van der Waals surface area contributed by atoms with Gasteiger partial charge in [0.25, 0.3) is 0 Å². The van der Waals surface area contributed by atoms with Crippen LogP contribution in [0.4, 0.5) is 4.39 Å². The topological polar surface area (TPSA) is 35.5 Å². The highest BCUT2D eigenvalue weighted by Gasteiger charge is 2.22. The predicted molar refractivity (Wildman–Crippen MR) is 65.3 cm³/mol. The first-order chi connectivity index (χ1) is 8.19. The number of aliphatic hydroxyl groups is 1. The molecule has 2 N–H and O–H groups in total. The molecular weight excluding hydrogens is 219 g/mol. The van der Waals surface area contributed by atoms with Gasteiger partial charge in [0.1, 0.15) is 5.82 Å². The van der Waals surface area contributed by atoms with E-state index in [1.165, 1.54) is 12.1 Å². The molecule has 94 valence electrons. The van der Waals surface area contributed by atoms with E-state index < -0.39 is 0 Å². The molecule has 1 fully saturated rings. The second-order valence-electron chi connectivity index (χ2n) is 4.59. The molecule has 0 bridgehead atoms. The molecule has 3 nitrogen and oxygen atoms in total.